The standard InChI is InChI=1S/C15H20N4O4/c20-12-7-11(14(22)23)15(18-12)3-5-19(6-4-15)13(21)2-1-10-8-16-17-9-10/h8-9,11H,1-7H2,(H,16,17)(H,18,20)(H,22,23)/t11-/m1/s1. The van der Waals surface area contributed by atoms with E-state index in [0.717, 1.165) is 5.56 Å². The van der Waals surface area contributed by atoms with Crippen molar-refractivity contribution in [3.05, 3.63) is 18.0 Å². The number of H-pyrrole nitrogens is 1. The number of rotatable bonds is 4. The molecule has 3 rings (SSSR count). The number of aromatic amines is 1. The number of amides is 2. The minimum absolute atomic E-state index is 0.0315. The number of likely N-dealkylation sites (tertiary alicyclic amines) is 1. The fourth-order valence-corrected chi connectivity index (χ4v) is 3.57. The number of aryl methyl sites for hydroxylation is 1. The number of nitrogens with one attached hydrogen (secondary N) is 2. The van der Waals surface area contributed by atoms with Crippen molar-refractivity contribution in [3.63, 3.8) is 0 Å². The van der Waals surface area contributed by atoms with Gasteiger partial charge in [-0.25, -0.2) is 0 Å². The molecule has 1 aromatic rings. The topological polar surface area (TPSA) is 115 Å². The van der Waals surface area contributed by atoms with E-state index in [0.29, 0.717) is 38.8 Å². The van der Waals surface area contributed by atoms with Gasteiger partial charge in [0.1, 0.15) is 0 Å². The van der Waals surface area contributed by atoms with Gasteiger partial charge in [-0.15, -0.1) is 0 Å². The molecule has 0 saturated carbocycles. The number of nitrogens with zero attached hydrogens (tertiary/aromatic N) is 2. The van der Waals surface area contributed by atoms with Crippen LogP contribution in [0.4, 0.5) is 0 Å². The van der Waals surface area contributed by atoms with Crippen LogP contribution in [0.3, 0.4) is 0 Å². The van der Waals surface area contributed by atoms with E-state index in [1.807, 2.05) is 0 Å². The van der Waals surface area contributed by atoms with Crippen LogP contribution in [0, 0.1) is 5.92 Å². The summed E-state index contributed by atoms with van der Waals surface area (Å²) in [7, 11) is 0. The molecule has 2 fully saturated rings. The Labute approximate surface area is 133 Å². The van der Waals surface area contributed by atoms with E-state index < -0.39 is 17.4 Å². The summed E-state index contributed by atoms with van der Waals surface area (Å²) in [5, 5.41) is 18.7. The lowest BCUT2D eigenvalue weighted by atomic mass is 9.77. The summed E-state index contributed by atoms with van der Waals surface area (Å²) in [5.41, 5.74) is 0.297. The maximum atomic E-state index is 12.3. The second-order valence-corrected chi connectivity index (χ2v) is 6.29. The highest BCUT2D eigenvalue weighted by atomic mass is 16.4. The van der Waals surface area contributed by atoms with Gasteiger partial charge in [-0.05, 0) is 24.8 Å². The van der Waals surface area contributed by atoms with Crippen molar-refractivity contribution in [2.24, 2.45) is 5.92 Å². The van der Waals surface area contributed by atoms with E-state index in [1.165, 1.54) is 0 Å². The lowest BCUT2D eigenvalue weighted by Crippen LogP contribution is -2.56. The highest BCUT2D eigenvalue weighted by Gasteiger charge is 2.51. The van der Waals surface area contributed by atoms with Gasteiger partial charge in [-0.2, -0.15) is 5.10 Å². The lowest BCUT2D eigenvalue weighted by Gasteiger charge is -2.41. The Morgan fingerprint density at radius 1 is 1.39 bits per heavy atom. The van der Waals surface area contributed by atoms with Gasteiger partial charge in [0.15, 0.2) is 0 Å². The highest BCUT2D eigenvalue weighted by Crippen LogP contribution is 2.37. The van der Waals surface area contributed by atoms with Crippen LogP contribution in [0.5, 0.6) is 0 Å². The molecule has 0 aliphatic carbocycles. The van der Waals surface area contributed by atoms with Crippen LogP contribution < -0.4 is 5.32 Å². The van der Waals surface area contributed by atoms with Crippen LogP contribution >= 0.6 is 0 Å². The molecule has 0 radical (unpaired) electrons. The number of hydrogen-bond donors (Lipinski definition) is 3. The molecule has 1 spiro atoms. The molecule has 0 bridgehead atoms. The van der Waals surface area contributed by atoms with E-state index in [2.05, 4.69) is 15.5 Å². The van der Waals surface area contributed by atoms with E-state index in [4.69, 9.17) is 0 Å². The van der Waals surface area contributed by atoms with Crippen molar-refractivity contribution in [1.82, 2.24) is 20.4 Å². The molecule has 8 nitrogen and oxygen atoms in total. The van der Waals surface area contributed by atoms with Crippen molar-refractivity contribution in [3.8, 4) is 0 Å². The molecule has 2 aliphatic rings. The molecule has 0 unspecified atom stereocenters. The smallest absolute Gasteiger partial charge is 0.309 e. The second kappa shape index (κ2) is 6.02. The van der Waals surface area contributed by atoms with Gasteiger partial charge in [0.2, 0.25) is 11.8 Å². The number of carbonyl (C=O) groups excluding carboxylic acids is 2. The number of aliphatic carboxylic acids is 1. The molecule has 2 saturated heterocycles. The van der Waals surface area contributed by atoms with Crippen LogP contribution in [-0.4, -0.2) is 56.6 Å². The maximum absolute atomic E-state index is 12.3. The Bertz CT molecular complexity index is 605. The first-order valence-electron chi connectivity index (χ1n) is 7.79. The molecule has 3 N–H and O–H groups in total. The number of piperidine rings is 1. The SMILES string of the molecule is O=C1C[C@H](C(=O)O)C2(CCN(C(=O)CCc3cn[nH]c3)CC2)N1. The predicted octanol–water partition coefficient (Wildman–Crippen LogP) is -0.0758. The quantitative estimate of drug-likeness (QED) is 0.718. The summed E-state index contributed by atoms with van der Waals surface area (Å²) in [4.78, 5) is 37.0. The summed E-state index contributed by atoms with van der Waals surface area (Å²) in [6.07, 6.45) is 5.52. The van der Waals surface area contributed by atoms with Crippen LogP contribution in [0.1, 0.15) is 31.2 Å². The molecular weight excluding hydrogens is 300 g/mol. The largest absolute Gasteiger partial charge is 0.481 e. The Kier molecular flexibility index (Phi) is 4.06. The van der Waals surface area contributed by atoms with Crippen molar-refractivity contribution in [2.45, 2.75) is 37.6 Å². The van der Waals surface area contributed by atoms with E-state index in [9.17, 15) is 19.5 Å². The lowest BCUT2D eigenvalue weighted by molar-refractivity contribution is -0.145. The normalized spacial score (nSPS) is 23.0. The molecule has 3 heterocycles. The molecule has 2 aliphatic heterocycles. The molecule has 8 heteroatoms. The van der Waals surface area contributed by atoms with Gasteiger partial charge in [0.25, 0.3) is 0 Å². The monoisotopic (exact) mass is 320 g/mol. The molecule has 2 amide bonds. The van der Waals surface area contributed by atoms with Gasteiger partial charge in [0, 0.05) is 32.1 Å². The van der Waals surface area contributed by atoms with Crippen molar-refractivity contribution < 1.29 is 19.5 Å². The fraction of sp³-hybridized carbons (Fsp3) is 0.600. The first-order valence-corrected chi connectivity index (χ1v) is 7.79. The number of carbonyl (C=O) groups is 3. The molecule has 23 heavy (non-hydrogen) atoms. The van der Waals surface area contributed by atoms with E-state index in [-0.39, 0.29) is 18.2 Å². The van der Waals surface area contributed by atoms with Crippen molar-refractivity contribution >= 4 is 17.8 Å². The third-order valence-corrected chi connectivity index (χ3v) is 4.93. The predicted molar refractivity (Wildman–Crippen MR) is 79.3 cm³/mol. The number of aromatic nitrogens is 2. The van der Waals surface area contributed by atoms with Gasteiger partial charge >= 0.3 is 5.97 Å². The van der Waals surface area contributed by atoms with Crippen LogP contribution in [0.2, 0.25) is 0 Å². The zero-order valence-electron chi connectivity index (χ0n) is 12.7. The van der Waals surface area contributed by atoms with Crippen LogP contribution in [0.25, 0.3) is 0 Å². The minimum Gasteiger partial charge on any atom is -0.481 e. The number of hydrogen-bond acceptors (Lipinski definition) is 4. The summed E-state index contributed by atoms with van der Waals surface area (Å²) in [6, 6.07) is 0. The third-order valence-electron chi connectivity index (χ3n) is 4.93. The average Bonchev–Trinajstić information content (AvgIpc) is 3.14. The third kappa shape index (κ3) is 3.06. The van der Waals surface area contributed by atoms with Gasteiger partial charge in [-0.3, -0.25) is 19.5 Å². The van der Waals surface area contributed by atoms with Crippen LogP contribution in [0.15, 0.2) is 12.4 Å². The van der Waals surface area contributed by atoms with Gasteiger partial charge < -0.3 is 15.3 Å². The van der Waals surface area contributed by atoms with E-state index in [1.54, 1.807) is 17.3 Å². The second-order valence-electron chi connectivity index (χ2n) is 6.29. The maximum Gasteiger partial charge on any atom is 0.309 e. The summed E-state index contributed by atoms with van der Waals surface area (Å²) in [6.45, 7) is 0.961. The average molecular weight is 320 g/mol. The Morgan fingerprint density at radius 3 is 2.74 bits per heavy atom. The summed E-state index contributed by atoms with van der Waals surface area (Å²) in [5.74, 6) is -1.80. The van der Waals surface area contributed by atoms with Crippen LogP contribution in [-0.2, 0) is 20.8 Å². The Hall–Kier alpha value is -2.38. The first kappa shape index (κ1) is 15.5. The first-order chi connectivity index (χ1) is 11.0. The Morgan fingerprint density at radius 2 is 2.13 bits per heavy atom. The number of carboxylic acids is 1. The minimum atomic E-state index is -0.942. The highest BCUT2D eigenvalue weighted by molar-refractivity contribution is 5.88. The summed E-state index contributed by atoms with van der Waals surface area (Å²) < 4.78 is 0. The number of carboxylic acid groups (broad SMARTS) is 1. The van der Waals surface area contributed by atoms with Crippen molar-refractivity contribution in [1.29, 1.82) is 0 Å². The van der Waals surface area contributed by atoms with E-state index >= 15 is 0 Å². The summed E-state index contributed by atoms with van der Waals surface area (Å²) >= 11 is 0. The Balaban J connectivity index is 1.56. The molecule has 1 aromatic heterocycles. The van der Waals surface area contributed by atoms with Crippen molar-refractivity contribution in [2.75, 3.05) is 13.1 Å². The molecule has 124 valence electrons. The molecule has 1 atom stereocenters. The molecular formula is C15H20N4O4. The zero-order valence-corrected chi connectivity index (χ0v) is 12.7. The van der Waals surface area contributed by atoms with Gasteiger partial charge in [-0.1, -0.05) is 0 Å². The fourth-order valence-electron chi connectivity index (χ4n) is 3.57. The molecule has 0 aromatic carbocycles. The van der Waals surface area contributed by atoms with Gasteiger partial charge in [0.05, 0.1) is 17.7 Å². The zero-order chi connectivity index (χ0) is 16.4.